The fraction of sp³-hybridized carbons (Fsp3) is 0.227. The van der Waals surface area contributed by atoms with Gasteiger partial charge in [-0.15, -0.1) is 0 Å². The van der Waals surface area contributed by atoms with Gasteiger partial charge in [0.05, 0.1) is 29.7 Å². The van der Waals surface area contributed by atoms with Gasteiger partial charge in [0.2, 0.25) is 11.8 Å². The molecule has 0 unspecified atom stereocenters. The third kappa shape index (κ3) is 5.33. The molecule has 0 saturated heterocycles. The first-order valence-corrected chi connectivity index (χ1v) is 9.72. The highest BCUT2D eigenvalue weighted by molar-refractivity contribution is 5.98. The molecule has 0 fully saturated rings. The van der Waals surface area contributed by atoms with Gasteiger partial charge in [0.25, 0.3) is 5.56 Å². The van der Waals surface area contributed by atoms with Gasteiger partial charge < -0.3 is 15.4 Å². The Balaban J connectivity index is 1.60. The van der Waals surface area contributed by atoms with E-state index in [0.717, 1.165) is 0 Å². The summed E-state index contributed by atoms with van der Waals surface area (Å²) in [5.41, 5.74) is 0.936. The minimum Gasteiger partial charge on any atom is -0.462 e. The molecule has 0 bridgehead atoms. The average Bonchev–Trinajstić information content (AvgIpc) is 2.76. The van der Waals surface area contributed by atoms with Crippen LogP contribution < -0.4 is 16.2 Å². The third-order valence-electron chi connectivity index (χ3n) is 4.54. The molecule has 31 heavy (non-hydrogen) atoms. The van der Waals surface area contributed by atoms with Crippen molar-refractivity contribution in [3.63, 3.8) is 0 Å². The predicted octanol–water partition coefficient (Wildman–Crippen LogP) is 1.79. The Hall–Kier alpha value is -4.01. The van der Waals surface area contributed by atoms with Crippen LogP contribution in [0.15, 0.2) is 53.3 Å². The van der Waals surface area contributed by atoms with E-state index in [4.69, 9.17) is 4.74 Å². The molecule has 3 N–H and O–H groups in total. The van der Waals surface area contributed by atoms with Gasteiger partial charge in [-0.1, -0.05) is 18.2 Å². The summed E-state index contributed by atoms with van der Waals surface area (Å²) in [4.78, 5) is 48.3. The predicted molar refractivity (Wildman–Crippen MR) is 115 cm³/mol. The van der Waals surface area contributed by atoms with Crippen molar-refractivity contribution < 1.29 is 19.1 Å². The van der Waals surface area contributed by atoms with Gasteiger partial charge in [0.1, 0.15) is 6.04 Å². The Morgan fingerprint density at radius 1 is 1.06 bits per heavy atom. The van der Waals surface area contributed by atoms with E-state index in [0.29, 0.717) is 27.7 Å². The molecule has 2 aromatic carbocycles. The van der Waals surface area contributed by atoms with Crippen LogP contribution in [0.1, 0.15) is 29.9 Å². The van der Waals surface area contributed by atoms with Gasteiger partial charge in [-0.3, -0.25) is 14.4 Å². The van der Waals surface area contributed by atoms with Crippen LogP contribution in [0.4, 0.5) is 5.69 Å². The summed E-state index contributed by atoms with van der Waals surface area (Å²) in [5, 5.41) is 12.7. The van der Waals surface area contributed by atoms with Gasteiger partial charge in [0, 0.05) is 11.1 Å². The Labute approximate surface area is 177 Å². The van der Waals surface area contributed by atoms with Gasteiger partial charge in [0.15, 0.2) is 0 Å². The fourth-order valence-corrected chi connectivity index (χ4v) is 2.97. The summed E-state index contributed by atoms with van der Waals surface area (Å²) in [6.07, 6.45) is -0.0941. The molecular formula is C22H22N4O5. The number of benzene rings is 2. The van der Waals surface area contributed by atoms with E-state index < -0.39 is 23.8 Å². The highest BCUT2D eigenvalue weighted by Crippen LogP contribution is 2.13. The zero-order valence-corrected chi connectivity index (χ0v) is 17.1. The maximum atomic E-state index is 12.4. The molecule has 0 aliphatic heterocycles. The molecule has 0 saturated carbocycles. The number of nitrogens with one attached hydrogen (secondary N) is 3. The van der Waals surface area contributed by atoms with E-state index in [2.05, 4.69) is 20.8 Å². The zero-order chi connectivity index (χ0) is 22.4. The number of carbonyl (C=O) groups is 3. The van der Waals surface area contributed by atoms with Crippen molar-refractivity contribution in [3.05, 3.63) is 70.1 Å². The van der Waals surface area contributed by atoms with Crippen LogP contribution in [0.5, 0.6) is 0 Å². The topological polar surface area (TPSA) is 130 Å². The quantitative estimate of drug-likeness (QED) is 0.498. The largest absolute Gasteiger partial charge is 0.462 e. The van der Waals surface area contributed by atoms with E-state index in [9.17, 15) is 19.2 Å². The van der Waals surface area contributed by atoms with Crippen LogP contribution in [-0.4, -0.2) is 40.6 Å². The molecule has 1 heterocycles. The van der Waals surface area contributed by atoms with Crippen molar-refractivity contribution >= 4 is 34.2 Å². The Kier molecular flexibility index (Phi) is 6.76. The van der Waals surface area contributed by atoms with Gasteiger partial charge in [-0.25, -0.2) is 9.89 Å². The summed E-state index contributed by atoms with van der Waals surface area (Å²) in [5.74, 6) is -1.27. The van der Waals surface area contributed by atoms with Crippen LogP contribution >= 0.6 is 0 Å². The summed E-state index contributed by atoms with van der Waals surface area (Å²) >= 11 is 0. The normalized spacial score (nSPS) is 11.5. The number of amides is 2. The molecule has 1 atom stereocenters. The number of carbonyl (C=O) groups excluding carboxylic acids is 3. The van der Waals surface area contributed by atoms with Crippen LogP contribution in [0.2, 0.25) is 0 Å². The van der Waals surface area contributed by atoms with Crippen molar-refractivity contribution in [3.8, 4) is 0 Å². The second kappa shape index (κ2) is 9.66. The van der Waals surface area contributed by atoms with E-state index in [1.165, 1.54) is 0 Å². The second-order valence-electron chi connectivity index (χ2n) is 6.80. The number of nitrogens with zero attached hydrogens (tertiary/aromatic N) is 1. The number of aromatic amines is 1. The van der Waals surface area contributed by atoms with Crippen LogP contribution in [-0.2, 0) is 20.7 Å². The lowest BCUT2D eigenvalue weighted by molar-refractivity contribution is -0.125. The molecule has 3 rings (SSSR count). The number of esters is 1. The lowest BCUT2D eigenvalue weighted by atomic mass is 10.1. The lowest BCUT2D eigenvalue weighted by Crippen LogP contribution is -2.42. The standard InChI is InChI=1S/C22H22N4O5/c1-3-31-22(30)14-8-10-15(11-9-14)24-20(28)13(2)23-19(27)12-18-16-6-4-5-7-17(16)21(29)26-25-18/h4-11,13H,3,12H2,1-2H3,(H,23,27)(H,24,28)(H,26,29)/t13-/m0/s1. The molecule has 0 aliphatic carbocycles. The van der Waals surface area contributed by atoms with Crippen LogP contribution in [0, 0.1) is 0 Å². The Bertz CT molecular complexity index is 1170. The van der Waals surface area contributed by atoms with Gasteiger partial charge >= 0.3 is 5.97 Å². The minimum absolute atomic E-state index is 0.0941. The molecule has 0 radical (unpaired) electrons. The average molecular weight is 422 g/mol. The van der Waals surface area contributed by atoms with Gasteiger partial charge in [-0.05, 0) is 44.2 Å². The molecule has 3 aromatic rings. The number of aromatic nitrogens is 2. The number of anilines is 1. The lowest BCUT2D eigenvalue weighted by Gasteiger charge is -2.14. The first-order valence-electron chi connectivity index (χ1n) is 9.72. The van der Waals surface area contributed by atoms with Crippen molar-refractivity contribution in [1.29, 1.82) is 0 Å². The summed E-state index contributed by atoms with van der Waals surface area (Å²) in [6.45, 7) is 3.55. The van der Waals surface area contributed by atoms with E-state index in [1.54, 1.807) is 62.4 Å². The number of hydrogen-bond acceptors (Lipinski definition) is 6. The first-order chi connectivity index (χ1) is 14.9. The van der Waals surface area contributed by atoms with E-state index in [1.807, 2.05) is 0 Å². The Morgan fingerprint density at radius 2 is 1.74 bits per heavy atom. The maximum Gasteiger partial charge on any atom is 0.338 e. The smallest absolute Gasteiger partial charge is 0.338 e. The van der Waals surface area contributed by atoms with Gasteiger partial charge in [-0.2, -0.15) is 5.10 Å². The second-order valence-corrected chi connectivity index (χ2v) is 6.80. The molecule has 1 aromatic heterocycles. The SMILES string of the molecule is CCOC(=O)c1ccc(NC(=O)[C@H](C)NC(=O)Cc2n[nH]c(=O)c3ccccc23)cc1. The third-order valence-corrected chi connectivity index (χ3v) is 4.54. The minimum atomic E-state index is -0.814. The van der Waals surface area contributed by atoms with Crippen molar-refractivity contribution in [2.24, 2.45) is 0 Å². The van der Waals surface area contributed by atoms with Crippen molar-refractivity contribution in [2.75, 3.05) is 11.9 Å². The van der Waals surface area contributed by atoms with Crippen LogP contribution in [0.3, 0.4) is 0 Å². The number of ether oxygens (including phenoxy) is 1. The Morgan fingerprint density at radius 3 is 2.42 bits per heavy atom. The number of hydrogen-bond donors (Lipinski definition) is 3. The van der Waals surface area contributed by atoms with Crippen molar-refractivity contribution in [2.45, 2.75) is 26.3 Å². The molecule has 160 valence electrons. The number of rotatable bonds is 7. The summed E-state index contributed by atoms with van der Waals surface area (Å²) < 4.78 is 4.91. The molecule has 9 heteroatoms. The summed E-state index contributed by atoms with van der Waals surface area (Å²) in [7, 11) is 0. The molecule has 9 nitrogen and oxygen atoms in total. The number of fused-ring (bicyclic) bond motifs is 1. The highest BCUT2D eigenvalue weighted by atomic mass is 16.5. The molecule has 2 amide bonds. The molecule has 0 spiro atoms. The number of H-pyrrole nitrogens is 1. The maximum absolute atomic E-state index is 12.4. The van der Waals surface area contributed by atoms with Crippen LogP contribution in [0.25, 0.3) is 10.8 Å². The van der Waals surface area contributed by atoms with E-state index >= 15 is 0 Å². The van der Waals surface area contributed by atoms with E-state index in [-0.39, 0.29) is 18.6 Å². The highest BCUT2D eigenvalue weighted by Gasteiger charge is 2.18. The molecule has 0 aliphatic rings. The first kappa shape index (κ1) is 21.7. The molecular weight excluding hydrogens is 400 g/mol. The monoisotopic (exact) mass is 422 g/mol. The summed E-state index contributed by atoms with van der Waals surface area (Å²) in [6, 6.07) is 12.3. The van der Waals surface area contributed by atoms with Crippen molar-refractivity contribution in [1.82, 2.24) is 15.5 Å². The fourth-order valence-electron chi connectivity index (χ4n) is 2.97. The zero-order valence-electron chi connectivity index (χ0n) is 17.1.